The van der Waals surface area contributed by atoms with Gasteiger partial charge in [0.2, 0.25) is 0 Å². The Labute approximate surface area is 105 Å². The number of methoxy groups -OCH3 is 1. The molecule has 1 rings (SSSR count). The zero-order valence-electron chi connectivity index (χ0n) is 11.2. The molecule has 0 fully saturated rings. The molecule has 17 heavy (non-hydrogen) atoms. The van der Waals surface area contributed by atoms with Crippen molar-refractivity contribution in [3.05, 3.63) is 29.8 Å². The number of nitrogens with one attached hydrogen (secondary N) is 1. The minimum Gasteiger partial charge on any atom is -0.496 e. The molecule has 96 valence electrons. The number of ether oxygens (including phenoxy) is 1. The highest BCUT2D eigenvalue weighted by Crippen LogP contribution is 2.19. The highest BCUT2D eigenvalue weighted by Gasteiger charge is 2.07. The van der Waals surface area contributed by atoms with Crippen molar-refractivity contribution in [1.82, 2.24) is 10.2 Å². The van der Waals surface area contributed by atoms with Crippen LogP contribution in [-0.2, 0) is 6.54 Å². The molecule has 0 bridgehead atoms. The summed E-state index contributed by atoms with van der Waals surface area (Å²) in [6.45, 7) is 6.43. The molecule has 0 saturated heterocycles. The van der Waals surface area contributed by atoms with Crippen molar-refractivity contribution < 1.29 is 4.74 Å². The number of nitrogens with zero attached hydrogens (tertiary/aromatic N) is 1. The molecule has 0 amide bonds. The van der Waals surface area contributed by atoms with E-state index in [2.05, 4.69) is 29.3 Å². The van der Waals surface area contributed by atoms with Crippen molar-refractivity contribution in [2.24, 2.45) is 0 Å². The minimum absolute atomic E-state index is 0.963. The molecule has 1 aromatic carbocycles. The van der Waals surface area contributed by atoms with Gasteiger partial charge < -0.3 is 10.1 Å². The summed E-state index contributed by atoms with van der Waals surface area (Å²) in [7, 11) is 3.73. The van der Waals surface area contributed by atoms with E-state index < -0.39 is 0 Å². The zero-order valence-corrected chi connectivity index (χ0v) is 11.2. The Morgan fingerprint density at radius 2 is 2.06 bits per heavy atom. The van der Waals surface area contributed by atoms with Gasteiger partial charge in [-0.15, -0.1) is 0 Å². The van der Waals surface area contributed by atoms with Crippen LogP contribution in [0.2, 0.25) is 0 Å². The first-order valence-corrected chi connectivity index (χ1v) is 6.30. The average Bonchev–Trinajstić information content (AvgIpc) is 2.38. The molecule has 3 heteroatoms. The molecule has 0 aliphatic carbocycles. The highest BCUT2D eigenvalue weighted by molar-refractivity contribution is 5.33. The summed E-state index contributed by atoms with van der Waals surface area (Å²) < 4.78 is 5.38. The second-order valence-electron chi connectivity index (χ2n) is 4.14. The van der Waals surface area contributed by atoms with Crippen LogP contribution in [0.15, 0.2) is 24.3 Å². The summed E-state index contributed by atoms with van der Waals surface area (Å²) in [4.78, 5) is 2.44. The van der Waals surface area contributed by atoms with Crippen molar-refractivity contribution in [2.45, 2.75) is 19.9 Å². The van der Waals surface area contributed by atoms with Crippen LogP contribution in [0.1, 0.15) is 18.9 Å². The molecule has 0 saturated carbocycles. The Bertz CT molecular complexity index is 315. The Balaban J connectivity index is 2.54. The normalized spacial score (nSPS) is 10.8. The molecule has 0 spiro atoms. The van der Waals surface area contributed by atoms with E-state index in [4.69, 9.17) is 4.74 Å². The van der Waals surface area contributed by atoms with Crippen LogP contribution in [0.25, 0.3) is 0 Å². The van der Waals surface area contributed by atoms with Crippen LogP contribution in [-0.4, -0.2) is 38.7 Å². The molecule has 0 radical (unpaired) electrons. The molecule has 1 N–H and O–H groups in total. The van der Waals surface area contributed by atoms with Gasteiger partial charge in [0.05, 0.1) is 7.11 Å². The van der Waals surface area contributed by atoms with Crippen LogP contribution in [0.5, 0.6) is 5.75 Å². The number of para-hydroxylation sites is 1. The fourth-order valence-electron chi connectivity index (χ4n) is 1.90. The summed E-state index contributed by atoms with van der Waals surface area (Å²) in [5.41, 5.74) is 1.27. The zero-order chi connectivity index (χ0) is 12.5. The van der Waals surface area contributed by atoms with E-state index in [1.54, 1.807) is 7.11 Å². The van der Waals surface area contributed by atoms with E-state index in [-0.39, 0.29) is 0 Å². The first kappa shape index (κ1) is 14.0. The molecule has 0 heterocycles. The van der Waals surface area contributed by atoms with Gasteiger partial charge in [-0.2, -0.15) is 0 Å². The van der Waals surface area contributed by atoms with Crippen LogP contribution in [0, 0.1) is 0 Å². The monoisotopic (exact) mass is 236 g/mol. The second kappa shape index (κ2) is 8.09. The Kier molecular flexibility index (Phi) is 6.67. The first-order valence-electron chi connectivity index (χ1n) is 6.30. The second-order valence-corrected chi connectivity index (χ2v) is 4.14. The number of hydrogen-bond acceptors (Lipinski definition) is 3. The molecular weight excluding hydrogens is 212 g/mol. The van der Waals surface area contributed by atoms with Gasteiger partial charge in [-0.1, -0.05) is 25.1 Å². The lowest BCUT2D eigenvalue weighted by Gasteiger charge is -2.21. The van der Waals surface area contributed by atoms with Crippen molar-refractivity contribution in [3.8, 4) is 5.75 Å². The number of benzene rings is 1. The predicted octanol–water partition coefficient (Wildman–Crippen LogP) is 2.13. The van der Waals surface area contributed by atoms with Gasteiger partial charge in [-0.25, -0.2) is 0 Å². The standard InChI is InChI=1S/C14H24N2O/c1-4-16(11-7-10-15-2)12-13-8-5-6-9-14(13)17-3/h5-6,8-9,15H,4,7,10-12H2,1-3H3. The lowest BCUT2D eigenvalue weighted by atomic mass is 10.2. The average molecular weight is 236 g/mol. The molecule has 0 atom stereocenters. The third-order valence-electron chi connectivity index (χ3n) is 2.93. The lowest BCUT2D eigenvalue weighted by Crippen LogP contribution is -2.26. The van der Waals surface area contributed by atoms with Gasteiger partial charge in [-0.05, 0) is 39.2 Å². The summed E-state index contributed by atoms with van der Waals surface area (Å²) >= 11 is 0. The third-order valence-corrected chi connectivity index (χ3v) is 2.93. The van der Waals surface area contributed by atoms with Crippen molar-refractivity contribution in [3.63, 3.8) is 0 Å². The summed E-state index contributed by atoms with van der Waals surface area (Å²) in [6.07, 6.45) is 1.18. The number of rotatable bonds is 8. The van der Waals surface area contributed by atoms with E-state index in [0.29, 0.717) is 0 Å². The molecule has 3 nitrogen and oxygen atoms in total. The van der Waals surface area contributed by atoms with E-state index in [0.717, 1.165) is 31.9 Å². The van der Waals surface area contributed by atoms with Gasteiger partial charge in [0.15, 0.2) is 0 Å². The number of hydrogen-bond donors (Lipinski definition) is 1. The van der Waals surface area contributed by atoms with Gasteiger partial charge in [0, 0.05) is 12.1 Å². The molecule has 1 aromatic rings. The maximum absolute atomic E-state index is 5.38. The van der Waals surface area contributed by atoms with Gasteiger partial charge in [0.1, 0.15) is 5.75 Å². The third kappa shape index (κ3) is 4.75. The van der Waals surface area contributed by atoms with Crippen LogP contribution in [0.3, 0.4) is 0 Å². The molecule has 0 unspecified atom stereocenters. The lowest BCUT2D eigenvalue weighted by molar-refractivity contribution is 0.271. The topological polar surface area (TPSA) is 24.5 Å². The van der Waals surface area contributed by atoms with Crippen LogP contribution >= 0.6 is 0 Å². The molecule has 0 aliphatic rings. The van der Waals surface area contributed by atoms with E-state index >= 15 is 0 Å². The van der Waals surface area contributed by atoms with Crippen molar-refractivity contribution >= 4 is 0 Å². The van der Waals surface area contributed by atoms with Gasteiger partial charge in [0.25, 0.3) is 0 Å². The van der Waals surface area contributed by atoms with E-state index in [1.807, 2.05) is 19.2 Å². The maximum Gasteiger partial charge on any atom is 0.123 e. The van der Waals surface area contributed by atoms with Crippen LogP contribution in [0.4, 0.5) is 0 Å². The van der Waals surface area contributed by atoms with Gasteiger partial charge >= 0.3 is 0 Å². The van der Waals surface area contributed by atoms with E-state index in [9.17, 15) is 0 Å². The fraction of sp³-hybridized carbons (Fsp3) is 0.571. The van der Waals surface area contributed by atoms with Crippen molar-refractivity contribution in [2.75, 3.05) is 33.8 Å². The SMILES string of the molecule is CCN(CCCNC)Cc1ccccc1OC. The first-order chi connectivity index (χ1) is 8.31. The minimum atomic E-state index is 0.963. The fourth-order valence-corrected chi connectivity index (χ4v) is 1.90. The molecular formula is C14H24N2O. The molecule has 0 aliphatic heterocycles. The quantitative estimate of drug-likeness (QED) is 0.700. The summed E-state index contributed by atoms with van der Waals surface area (Å²) in [6, 6.07) is 8.25. The Morgan fingerprint density at radius 3 is 2.71 bits per heavy atom. The summed E-state index contributed by atoms with van der Waals surface area (Å²) in [5, 5.41) is 3.18. The molecule has 0 aromatic heterocycles. The summed E-state index contributed by atoms with van der Waals surface area (Å²) in [5.74, 6) is 0.986. The Hall–Kier alpha value is -1.06. The van der Waals surface area contributed by atoms with E-state index in [1.165, 1.54) is 12.0 Å². The largest absolute Gasteiger partial charge is 0.496 e. The Morgan fingerprint density at radius 1 is 1.29 bits per heavy atom. The predicted molar refractivity (Wildman–Crippen MR) is 72.5 cm³/mol. The smallest absolute Gasteiger partial charge is 0.123 e. The highest BCUT2D eigenvalue weighted by atomic mass is 16.5. The maximum atomic E-state index is 5.38. The van der Waals surface area contributed by atoms with Crippen molar-refractivity contribution in [1.29, 1.82) is 0 Å². The van der Waals surface area contributed by atoms with Gasteiger partial charge in [-0.3, -0.25) is 4.90 Å². The van der Waals surface area contributed by atoms with Crippen LogP contribution < -0.4 is 10.1 Å².